The number of thiazole rings is 1. The number of nitrogens with two attached hydrogens (primary N) is 1. The number of hydrogen-bond acceptors (Lipinski definition) is 15. The molecule has 0 aromatic carbocycles. The van der Waals surface area contributed by atoms with Crippen molar-refractivity contribution in [3.8, 4) is 0 Å². The molecular formula is C25H30N8O6S3. The summed E-state index contributed by atoms with van der Waals surface area (Å²) in [5, 5.41) is 14.4. The fraction of sp³-hybridized carbons (Fsp3) is 0.440. The number of β-lactam (4-membered cyclic amide) rings is 1. The summed E-state index contributed by atoms with van der Waals surface area (Å²) in [5.74, 6) is -1.41. The van der Waals surface area contributed by atoms with Gasteiger partial charge in [-0.25, -0.2) is 9.78 Å². The molecule has 2 atom stereocenters. The first-order valence-electron chi connectivity index (χ1n) is 13.0. The molecule has 0 saturated carbocycles. The number of fused-ring (bicyclic) bond motifs is 1. The fourth-order valence-electron chi connectivity index (χ4n) is 4.77. The highest BCUT2D eigenvalue weighted by Crippen LogP contribution is 2.44. The van der Waals surface area contributed by atoms with Crippen LogP contribution in [-0.2, 0) is 24.1 Å². The normalized spacial score (nSPS) is 20.5. The molecule has 2 fully saturated rings. The highest BCUT2D eigenvalue weighted by atomic mass is 32.2. The number of oxime groups is 1. The molecule has 3 aliphatic rings. The van der Waals surface area contributed by atoms with Gasteiger partial charge in [0.15, 0.2) is 10.8 Å². The highest BCUT2D eigenvalue weighted by molar-refractivity contribution is 8.01. The molecule has 17 heteroatoms. The lowest BCUT2D eigenvalue weighted by Gasteiger charge is -2.47. The molecule has 3 aliphatic heterocycles. The Bertz CT molecular complexity index is 1360. The van der Waals surface area contributed by atoms with Gasteiger partial charge in [-0.2, -0.15) is 5.48 Å². The number of rotatable bonds is 10. The zero-order valence-corrected chi connectivity index (χ0v) is 25.1. The van der Waals surface area contributed by atoms with Crippen molar-refractivity contribution in [2.24, 2.45) is 5.16 Å². The van der Waals surface area contributed by atoms with E-state index in [0.717, 1.165) is 34.9 Å². The molecule has 2 saturated heterocycles. The molecule has 0 radical (unpaired) electrons. The second-order valence-electron chi connectivity index (χ2n) is 9.38. The molecule has 42 heavy (non-hydrogen) atoms. The van der Waals surface area contributed by atoms with Crippen LogP contribution in [0.5, 0.6) is 0 Å². The van der Waals surface area contributed by atoms with Gasteiger partial charge in [0.05, 0.1) is 23.8 Å². The number of nitrogens with one attached hydrogen (secondary N) is 1. The SMILES string of the molecule is CO/N=C(\C(=O)NOC(=O)C1=C(C(Sc2ccncc2)N2CCN(CCO)CC2)CS[C@@H]2CC(=O)N12)c1csc(N)n1. The van der Waals surface area contributed by atoms with Gasteiger partial charge in [0.25, 0.3) is 0 Å². The number of piperazine rings is 1. The first-order chi connectivity index (χ1) is 20.4. The van der Waals surface area contributed by atoms with Crippen LogP contribution in [0.3, 0.4) is 0 Å². The molecule has 1 unspecified atom stereocenters. The van der Waals surface area contributed by atoms with E-state index in [9.17, 15) is 19.5 Å². The van der Waals surface area contributed by atoms with E-state index >= 15 is 0 Å². The maximum atomic E-state index is 13.7. The Morgan fingerprint density at radius 2 is 2.05 bits per heavy atom. The summed E-state index contributed by atoms with van der Waals surface area (Å²) in [5.41, 5.74) is 8.62. The Hall–Kier alpha value is -3.22. The topological polar surface area (TPSA) is 176 Å². The van der Waals surface area contributed by atoms with E-state index in [1.54, 1.807) is 35.9 Å². The minimum atomic E-state index is -0.864. The van der Waals surface area contributed by atoms with Crippen molar-refractivity contribution in [1.29, 1.82) is 0 Å². The van der Waals surface area contributed by atoms with Crippen LogP contribution in [0.4, 0.5) is 5.13 Å². The number of amides is 2. The summed E-state index contributed by atoms with van der Waals surface area (Å²) in [7, 11) is 1.27. The lowest BCUT2D eigenvalue weighted by molar-refractivity contribution is -0.157. The summed E-state index contributed by atoms with van der Waals surface area (Å²) < 4.78 is 0. The summed E-state index contributed by atoms with van der Waals surface area (Å²) in [4.78, 5) is 64.5. The minimum Gasteiger partial charge on any atom is -0.398 e. The zero-order chi connectivity index (χ0) is 29.6. The zero-order valence-electron chi connectivity index (χ0n) is 22.7. The highest BCUT2D eigenvalue weighted by Gasteiger charge is 2.48. The van der Waals surface area contributed by atoms with Crippen molar-refractivity contribution in [3.05, 3.63) is 46.9 Å². The van der Waals surface area contributed by atoms with Crippen LogP contribution in [0.25, 0.3) is 0 Å². The summed E-state index contributed by atoms with van der Waals surface area (Å²) in [6.07, 6.45) is 3.73. The molecule has 0 aliphatic carbocycles. The minimum absolute atomic E-state index is 0.0871. The third-order valence-corrected chi connectivity index (χ3v) is 10.1. The second kappa shape index (κ2) is 13.8. The molecule has 2 aromatic rings. The number of carbonyl (C=O) groups is 3. The third kappa shape index (κ3) is 6.71. The number of carbonyl (C=O) groups excluding carboxylic acids is 3. The predicted molar refractivity (Wildman–Crippen MR) is 158 cm³/mol. The first-order valence-corrected chi connectivity index (χ1v) is 15.8. The van der Waals surface area contributed by atoms with Gasteiger partial charge in [0, 0.05) is 61.1 Å². The van der Waals surface area contributed by atoms with Crippen LogP contribution in [0.2, 0.25) is 0 Å². The Labute approximate surface area is 254 Å². The van der Waals surface area contributed by atoms with Gasteiger partial charge >= 0.3 is 11.9 Å². The maximum Gasteiger partial charge on any atom is 0.379 e. The largest absolute Gasteiger partial charge is 0.398 e. The Kier molecular flexibility index (Phi) is 9.96. The molecule has 0 bridgehead atoms. The van der Waals surface area contributed by atoms with Gasteiger partial charge in [0.1, 0.15) is 18.5 Å². The van der Waals surface area contributed by atoms with Gasteiger partial charge in [0.2, 0.25) is 5.91 Å². The molecule has 224 valence electrons. The number of nitrogen functional groups attached to an aromatic ring is 1. The Morgan fingerprint density at radius 3 is 2.69 bits per heavy atom. The molecule has 2 aromatic heterocycles. The van der Waals surface area contributed by atoms with Crippen LogP contribution in [-0.4, -0.2) is 116 Å². The van der Waals surface area contributed by atoms with Crippen molar-refractivity contribution >= 4 is 63.5 Å². The van der Waals surface area contributed by atoms with Crippen LogP contribution < -0.4 is 11.2 Å². The number of anilines is 1. The average molecular weight is 635 g/mol. The monoisotopic (exact) mass is 634 g/mol. The summed E-state index contributed by atoms with van der Waals surface area (Å²) in [6.45, 7) is 3.57. The quantitative estimate of drug-likeness (QED) is 0.141. The lowest BCUT2D eigenvalue weighted by atomic mass is 10.1. The van der Waals surface area contributed by atoms with E-state index in [2.05, 4.69) is 30.4 Å². The number of thioether (sulfide) groups is 2. The van der Waals surface area contributed by atoms with E-state index < -0.39 is 11.9 Å². The van der Waals surface area contributed by atoms with Crippen LogP contribution >= 0.6 is 34.9 Å². The first kappa shape index (κ1) is 30.2. The number of hydrogen-bond donors (Lipinski definition) is 3. The van der Waals surface area contributed by atoms with Gasteiger partial charge in [-0.3, -0.25) is 29.3 Å². The third-order valence-electron chi connectivity index (χ3n) is 6.82. The lowest BCUT2D eigenvalue weighted by Crippen LogP contribution is -2.57. The number of aromatic nitrogens is 2. The predicted octanol–water partition coefficient (Wildman–Crippen LogP) is 0.333. The van der Waals surface area contributed by atoms with Crippen molar-refractivity contribution in [2.45, 2.75) is 22.1 Å². The molecule has 5 rings (SSSR count). The van der Waals surface area contributed by atoms with Crippen LogP contribution in [0.1, 0.15) is 12.1 Å². The van der Waals surface area contributed by atoms with Crippen molar-refractivity contribution in [2.75, 3.05) is 57.9 Å². The van der Waals surface area contributed by atoms with Crippen LogP contribution in [0, 0.1) is 0 Å². The van der Waals surface area contributed by atoms with Gasteiger partial charge in [-0.15, -0.1) is 34.9 Å². The van der Waals surface area contributed by atoms with E-state index in [-0.39, 0.29) is 45.5 Å². The van der Waals surface area contributed by atoms with E-state index in [4.69, 9.17) is 15.4 Å². The molecule has 5 heterocycles. The number of aliphatic hydroxyl groups excluding tert-OH is 1. The van der Waals surface area contributed by atoms with E-state index in [1.807, 2.05) is 12.1 Å². The molecular weight excluding hydrogens is 605 g/mol. The number of aliphatic hydroxyl groups is 1. The van der Waals surface area contributed by atoms with Gasteiger partial charge in [-0.05, 0) is 17.7 Å². The van der Waals surface area contributed by atoms with Crippen molar-refractivity contribution in [1.82, 2.24) is 30.1 Å². The van der Waals surface area contributed by atoms with Crippen molar-refractivity contribution in [3.63, 3.8) is 0 Å². The standard InChI is InChI=1S/C25H30N8O6S3/c1-38-29-20(17-14-41-25(26)28-17)22(36)30-39-24(37)21-16(13-40-19-12-18(35)33(19)21)23(42-15-2-4-27-5-3-15)32-8-6-31(7-9-32)10-11-34/h2-5,14,19,23,34H,6-13H2,1H3,(H2,26,28)(H,30,36)/b29-20-/t19-,23?/m1/s1. The molecule has 14 nitrogen and oxygen atoms in total. The summed E-state index contributed by atoms with van der Waals surface area (Å²) in [6, 6.07) is 3.79. The Balaban J connectivity index is 1.42. The smallest absolute Gasteiger partial charge is 0.379 e. The number of nitrogens with zero attached hydrogens (tertiary/aromatic N) is 6. The molecule has 2 amide bonds. The fourth-order valence-corrected chi connectivity index (χ4v) is 7.96. The van der Waals surface area contributed by atoms with Gasteiger partial charge < -0.3 is 20.5 Å². The summed E-state index contributed by atoms with van der Waals surface area (Å²) >= 11 is 4.27. The van der Waals surface area contributed by atoms with E-state index in [1.165, 1.54) is 17.4 Å². The molecule has 4 N–H and O–H groups in total. The Morgan fingerprint density at radius 1 is 1.29 bits per heavy atom. The number of pyridine rings is 1. The average Bonchev–Trinajstić information content (AvgIpc) is 3.43. The second-order valence-corrected chi connectivity index (χ2v) is 12.6. The molecule has 0 spiro atoms. The van der Waals surface area contributed by atoms with Crippen molar-refractivity contribution < 1.29 is 29.2 Å². The van der Waals surface area contributed by atoms with Gasteiger partial charge in [-0.1, -0.05) is 5.16 Å². The number of β-amino-alcohol motifs (C(OH)–C–C–N with tert-alkyl or cyclic N) is 1. The van der Waals surface area contributed by atoms with Crippen LogP contribution in [0.15, 0.2) is 51.2 Å². The van der Waals surface area contributed by atoms with E-state index in [0.29, 0.717) is 31.8 Å². The maximum absolute atomic E-state index is 13.7. The number of hydroxylamine groups is 1.